The van der Waals surface area contributed by atoms with E-state index < -0.39 is 6.09 Å². The van der Waals surface area contributed by atoms with E-state index in [2.05, 4.69) is 23.2 Å². The van der Waals surface area contributed by atoms with Gasteiger partial charge in [-0.25, -0.2) is 9.69 Å². The highest BCUT2D eigenvalue weighted by atomic mass is 32.2. The normalized spacial score (nSPS) is 19.8. The minimum Gasteiger partial charge on any atom is -0.447 e. The third kappa shape index (κ3) is 3.43. The zero-order valence-corrected chi connectivity index (χ0v) is 15.3. The lowest BCUT2D eigenvalue weighted by molar-refractivity contribution is -0.125. The van der Waals surface area contributed by atoms with Crippen molar-refractivity contribution in [1.82, 2.24) is 15.1 Å². The van der Waals surface area contributed by atoms with Crippen LogP contribution in [0.4, 0.5) is 4.79 Å². The molecule has 0 aromatic carbocycles. The van der Waals surface area contributed by atoms with Crippen molar-refractivity contribution in [3.05, 3.63) is 16.5 Å². The number of carbonyl (C=O) groups is 2. The molecule has 7 nitrogen and oxygen atoms in total. The molecular weight excluding hydrogens is 362 g/mol. The number of ether oxygens (including phenoxy) is 1. The van der Waals surface area contributed by atoms with Crippen LogP contribution in [0.5, 0.6) is 0 Å². The zero-order chi connectivity index (χ0) is 17.4. The van der Waals surface area contributed by atoms with Crippen LogP contribution in [0.1, 0.15) is 23.8 Å². The van der Waals surface area contributed by atoms with E-state index in [4.69, 9.17) is 9.15 Å². The van der Waals surface area contributed by atoms with E-state index in [-0.39, 0.29) is 18.3 Å². The summed E-state index contributed by atoms with van der Waals surface area (Å²) >= 11 is 2.84. The molecule has 9 heteroatoms. The first-order chi connectivity index (χ1) is 12.1. The van der Waals surface area contributed by atoms with E-state index in [9.17, 15) is 9.59 Å². The van der Waals surface area contributed by atoms with Crippen molar-refractivity contribution in [3.8, 4) is 10.8 Å². The number of aryl methyl sites for hydroxylation is 1. The summed E-state index contributed by atoms with van der Waals surface area (Å²) in [7, 11) is 0. The van der Waals surface area contributed by atoms with Gasteiger partial charge in [0.05, 0.1) is 17.2 Å². The van der Waals surface area contributed by atoms with Crippen LogP contribution in [-0.2, 0) is 22.4 Å². The number of hydrogen-bond donors (Lipinski definition) is 0. The quantitative estimate of drug-likeness (QED) is 0.755. The second-order valence-electron chi connectivity index (χ2n) is 6.23. The molecule has 25 heavy (non-hydrogen) atoms. The summed E-state index contributed by atoms with van der Waals surface area (Å²) in [6, 6.07) is 2.14. The molecule has 2 amide bonds. The molecule has 0 unspecified atom stereocenters. The maximum Gasteiger partial charge on any atom is 0.416 e. The fourth-order valence-electron chi connectivity index (χ4n) is 3.00. The Kier molecular flexibility index (Phi) is 4.51. The van der Waals surface area contributed by atoms with Gasteiger partial charge in [0.25, 0.3) is 11.1 Å². The van der Waals surface area contributed by atoms with Crippen molar-refractivity contribution >= 4 is 35.1 Å². The van der Waals surface area contributed by atoms with Crippen LogP contribution >= 0.6 is 23.1 Å². The Hall–Kier alpha value is -1.87. The number of thiophene rings is 1. The van der Waals surface area contributed by atoms with E-state index >= 15 is 0 Å². The molecule has 3 heterocycles. The van der Waals surface area contributed by atoms with Gasteiger partial charge >= 0.3 is 6.09 Å². The standard InChI is InChI=1S/C16H17N3O4S2/c1-9-2-3-11-10(6-9)7-12(25-11)14-17-18-15(23-14)24-8-13(20)19-4-5-22-16(19)21/h7,9H,2-6,8H2,1H3/t9-/m1/s1. The Balaban J connectivity index is 1.41. The summed E-state index contributed by atoms with van der Waals surface area (Å²) in [6.45, 7) is 2.82. The Bertz CT molecular complexity index is 816. The van der Waals surface area contributed by atoms with Crippen LogP contribution < -0.4 is 0 Å². The Morgan fingerprint density at radius 1 is 1.48 bits per heavy atom. The lowest BCUT2D eigenvalue weighted by Gasteiger charge is -2.16. The van der Waals surface area contributed by atoms with Gasteiger partial charge in [-0.05, 0) is 36.8 Å². The number of nitrogens with zero attached hydrogens (tertiary/aromatic N) is 3. The molecule has 4 rings (SSSR count). The average molecular weight is 379 g/mol. The Morgan fingerprint density at radius 2 is 2.36 bits per heavy atom. The third-order valence-corrected chi connectivity index (χ3v) is 6.36. The molecule has 1 atom stereocenters. The minimum atomic E-state index is -0.588. The molecule has 132 valence electrons. The number of cyclic esters (lactones) is 1. The fourth-order valence-corrected chi connectivity index (χ4v) is 4.77. The number of thioether (sulfide) groups is 1. The van der Waals surface area contributed by atoms with Crippen molar-refractivity contribution in [2.24, 2.45) is 5.92 Å². The molecule has 2 aromatic heterocycles. The van der Waals surface area contributed by atoms with Crippen LogP contribution in [-0.4, -0.2) is 46.0 Å². The molecule has 0 spiro atoms. The van der Waals surface area contributed by atoms with Crippen molar-refractivity contribution in [2.75, 3.05) is 18.9 Å². The van der Waals surface area contributed by atoms with Crippen molar-refractivity contribution < 1.29 is 18.7 Å². The van der Waals surface area contributed by atoms with Gasteiger partial charge in [0.2, 0.25) is 5.91 Å². The minimum absolute atomic E-state index is 0.0647. The molecule has 1 aliphatic heterocycles. The van der Waals surface area contributed by atoms with Gasteiger partial charge < -0.3 is 9.15 Å². The molecule has 0 radical (unpaired) electrons. The number of carbonyl (C=O) groups excluding carboxylic acids is 2. The highest BCUT2D eigenvalue weighted by molar-refractivity contribution is 7.99. The van der Waals surface area contributed by atoms with Crippen LogP contribution in [0.25, 0.3) is 10.8 Å². The molecule has 1 fully saturated rings. The van der Waals surface area contributed by atoms with Gasteiger partial charge in [-0.1, -0.05) is 18.7 Å². The van der Waals surface area contributed by atoms with E-state index in [0.717, 1.165) is 34.4 Å². The number of aromatic nitrogens is 2. The topological polar surface area (TPSA) is 85.5 Å². The predicted octanol–water partition coefficient (Wildman–Crippen LogP) is 2.99. The molecular formula is C16H17N3O4S2. The first kappa shape index (κ1) is 16.6. The van der Waals surface area contributed by atoms with Crippen LogP contribution in [0.15, 0.2) is 15.7 Å². The number of amides is 2. The van der Waals surface area contributed by atoms with Gasteiger partial charge in [-0.15, -0.1) is 21.5 Å². The van der Waals surface area contributed by atoms with Crippen molar-refractivity contribution in [2.45, 2.75) is 31.4 Å². The first-order valence-electron chi connectivity index (χ1n) is 8.15. The number of rotatable bonds is 4. The van der Waals surface area contributed by atoms with Crippen LogP contribution in [0, 0.1) is 5.92 Å². The number of imide groups is 1. The molecule has 0 saturated carbocycles. The van der Waals surface area contributed by atoms with E-state index in [1.807, 2.05) is 0 Å². The van der Waals surface area contributed by atoms with Crippen LogP contribution in [0.2, 0.25) is 0 Å². The molecule has 2 aromatic rings. The van der Waals surface area contributed by atoms with Crippen LogP contribution in [0.3, 0.4) is 0 Å². The highest BCUT2D eigenvalue weighted by Gasteiger charge is 2.28. The Labute approximate surface area is 152 Å². The fraction of sp³-hybridized carbons (Fsp3) is 0.500. The first-order valence-corrected chi connectivity index (χ1v) is 9.95. The van der Waals surface area contributed by atoms with Gasteiger partial charge in [-0.2, -0.15) is 0 Å². The summed E-state index contributed by atoms with van der Waals surface area (Å²) in [4.78, 5) is 26.8. The predicted molar refractivity (Wildman–Crippen MR) is 92.6 cm³/mol. The SMILES string of the molecule is C[C@@H]1CCc2sc(-c3nnc(SCC(=O)N4CCOC4=O)o3)cc2C1. The molecule has 1 aliphatic carbocycles. The lowest BCUT2D eigenvalue weighted by atomic mass is 9.90. The van der Waals surface area contributed by atoms with Gasteiger partial charge in [0.15, 0.2) is 0 Å². The molecule has 1 saturated heterocycles. The van der Waals surface area contributed by atoms with E-state index in [1.54, 1.807) is 11.3 Å². The lowest BCUT2D eigenvalue weighted by Crippen LogP contribution is -2.32. The van der Waals surface area contributed by atoms with Gasteiger partial charge in [0.1, 0.15) is 6.61 Å². The van der Waals surface area contributed by atoms with Gasteiger partial charge in [-0.3, -0.25) is 4.79 Å². The molecule has 2 aliphatic rings. The van der Waals surface area contributed by atoms with Crippen molar-refractivity contribution in [1.29, 1.82) is 0 Å². The summed E-state index contributed by atoms with van der Waals surface area (Å²) in [5.74, 6) is 0.956. The summed E-state index contributed by atoms with van der Waals surface area (Å²) < 4.78 is 10.4. The zero-order valence-electron chi connectivity index (χ0n) is 13.7. The largest absolute Gasteiger partial charge is 0.447 e. The van der Waals surface area contributed by atoms with E-state index in [1.165, 1.54) is 16.9 Å². The second kappa shape index (κ2) is 6.80. The molecule has 0 N–H and O–H groups in total. The smallest absolute Gasteiger partial charge is 0.416 e. The highest BCUT2D eigenvalue weighted by Crippen LogP contribution is 2.37. The van der Waals surface area contributed by atoms with Crippen molar-refractivity contribution in [3.63, 3.8) is 0 Å². The summed E-state index contributed by atoms with van der Waals surface area (Å²) in [6.07, 6.45) is 2.84. The maximum atomic E-state index is 12.0. The van der Waals surface area contributed by atoms with E-state index in [0.29, 0.717) is 23.6 Å². The average Bonchev–Trinajstić information content (AvgIpc) is 3.30. The van der Waals surface area contributed by atoms with Gasteiger partial charge in [0, 0.05) is 4.88 Å². The second-order valence-corrected chi connectivity index (χ2v) is 8.29. The third-order valence-electron chi connectivity index (χ3n) is 4.33. The Morgan fingerprint density at radius 3 is 3.16 bits per heavy atom. The number of hydrogen-bond acceptors (Lipinski definition) is 8. The number of fused-ring (bicyclic) bond motifs is 1. The summed E-state index contributed by atoms with van der Waals surface area (Å²) in [5.41, 5.74) is 1.38. The summed E-state index contributed by atoms with van der Waals surface area (Å²) in [5, 5.41) is 8.42. The monoisotopic (exact) mass is 379 g/mol. The molecule has 0 bridgehead atoms. The maximum absolute atomic E-state index is 12.0.